The molecule has 5 heteroatoms. The van der Waals surface area contributed by atoms with Gasteiger partial charge in [0.15, 0.2) is 5.78 Å². The van der Waals surface area contributed by atoms with Gasteiger partial charge >= 0.3 is 0 Å². The van der Waals surface area contributed by atoms with Crippen molar-refractivity contribution in [2.24, 2.45) is 0 Å². The molecule has 0 unspecified atom stereocenters. The lowest BCUT2D eigenvalue weighted by Gasteiger charge is -2.23. The Morgan fingerprint density at radius 1 is 0.792 bits per heavy atom. The minimum atomic E-state index is -0.0253. The highest BCUT2D eigenvalue weighted by Gasteiger charge is 2.11. The van der Waals surface area contributed by atoms with Crippen molar-refractivity contribution < 1.29 is 15.0 Å². The number of hydrogen-bond acceptors (Lipinski definition) is 5. The largest absolute Gasteiger partial charge is 0.395 e. The molecule has 0 radical (unpaired) electrons. The van der Waals surface area contributed by atoms with Crippen molar-refractivity contribution in [2.75, 3.05) is 50.2 Å². The third kappa shape index (κ3) is 4.34. The first-order valence-electron chi connectivity index (χ1n) is 7.95. The molecule has 0 spiro atoms. The van der Waals surface area contributed by atoms with E-state index < -0.39 is 0 Å². The van der Waals surface area contributed by atoms with Gasteiger partial charge in [-0.1, -0.05) is 0 Å². The summed E-state index contributed by atoms with van der Waals surface area (Å²) < 4.78 is 0. The molecular formula is C19H24N2O3. The van der Waals surface area contributed by atoms with Crippen LogP contribution in [0.2, 0.25) is 0 Å². The second-order valence-corrected chi connectivity index (χ2v) is 5.75. The maximum atomic E-state index is 12.6. The Morgan fingerprint density at radius 3 is 1.58 bits per heavy atom. The number of carbonyl (C=O) groups excluding carboxylic acids is 1. The molecule has 0 amide bonds. The lowest BCUT2D eigenvalue weighted by atomic mass is 10.0. The minimum absolute atomic E-state index is 0.0128. The number of hydrogen-bond donors (Lipinski definition) is 2. The first kappa shape index (κ1) is 18.0. The minimum Gasteiger partial charge on any atom is -0.395 e. The number of nitrogens with zero attached hydrogens (tertiary/aromatic N) is 2. The molecule has 2 aromatic carbocycles. The zero-order chi connectivity index (χ0) is 17.5. The highest BCUT2D eigenvalue weighted by molar-refractivity contribution is 6.09. The highest BCUT2D eigenvalue weighted by Crippen LogP contribution is 2.19. The molecule has 0 aliphatic carbocycles. The van der Waals surface area contributed by atoms with Crippen LogP contribution in [0.3, 0.4) is 0 Å². The van der Waals surface area contributed by atoms with Gasteiger partial charge in [-0.2, -0.15) is 0 Å². The molecule has 0 saturated carbocycles. The maximum Gasteiger partial charge on any atom is 0.193 e. The van der Waals surface area contributed by atoms with Crippen LogP contribution < -0.4 is 9.80 Å². The van der Waals surface area contributed by atoms with Crippen LogP contribution in [-0.2, 0) is 0 Å². The average Bonchev–Trinajstić information content (AvgIpc) is 2.61. The lowest BCUT2D eigenvalue weighted by Crippen LogP contribution is -2.29. The van der Waals surface area contributed by atoms with Crippen LogP contribution in [-0.4, -0.2) is 56.4 Å². The Balaban J connectivity index is 2.15. The molecule has 128 valence electrons. The number of rotatable bonds is 8. The quantitative estimate of drug-likeness (QED) is 0.723. The van der Waals surface area contributed by atoms with Crippen molar-refractivity contribution in [2.45, 2.75) is 0 Å². The number of ketones is 1. The molecule has 0 atom stereocenters. The number of aliphatic hydroxyl groups excluding tert-OH is 2. The van der Waals surface area contributed by atoms with Crippen molar-refractivity contribution in [1.29, 1.82) is 0 Å². The first-order chi connectivity index (χ1) is 11.6. The van der Waals surface area contributed by atoms with Crippen molar-refractivity contribution in [3.8, 4) is 0 Å². The summed E-state index contributed by atoms with van der Waals surface area (Å²) in [4.78, 5) is 16.4. The normalized spacial score (nSPS) is 10.5. The molecule has 0 aromatic heterocycles. The lowest BCUT2D eigenvalue weighted by molar-refractivity contribution is 0.103. The molecule has 0 bridgehead atoms. The van der Waals surface area contributed by atoms with Crippen LogP contribution in [0, 0.1) is 0 Å². The van der Waals surface area contributed by atoms with E-state index in [2.05, 4.69) is 0 Å². The number of aliphatic hydroxyl groups is 2. The average molecular weight is 328 g/mol. The Bertz CT molecular complexity index is 645. The van der Waals surface area contributed by atoms with Crippen molar-refractivity contribution >= 4 is 17.2 Å². The fourth-order valence-electron chi connectivity index (χ4n) is 2.51. The molecule has 5 nitrogen and oxygen atoms in total. The van der Waals surface area contributed by atoms with E-state index in [1.807, 2.05) is 60.3 Å². The third-order valence-corrected chi connectivity index (χ3v) is 3.88. The SMILES string of the molecule is CN(C)c1ccc(C(=O)c2ccc(N(CCO)CCO)cc2)cc1. The van der Waals surface area contributed by atoms with Gasteiger partial charge in [-0.15, -0.1) is 0 Å². The Kier molecular flexibility index (Phi) is 6.35. The molecule has 24 heavy (non-hydrogen) atoms. The van der Waals surface area contributed by atoms with Gasteiger partial charge in [0.05, 0.1) is 13.2 Å². The molecule has 0 saturated heterocycles. The summed E-state index contributed by atoms with van der Waals surface area (Å²) in [7, 11) is 3.92. The molecule has 0 aliphatic rings. The van der Waals surface area contributed by atoms with Crippen LogP contribution in [0.5, 0.6) is 0 Å². The fraction of sp³-hybridized carbons (Fsp3) is 0.316. The summed E-state index contributed by atoms with van der Waals surface area (Å²) in [6.07, 6.45) is 0. The van der Waals surface area contributed by atoms with Crippen molar-refractivity contribution in [3.63, 3.8) is 0 Å². The zero-order valence-corrected chi connectivity index (χ0v) is 14.1. The number of benzene rings is 2. The van der Waals surface area contributed by atoms with Gasteiger partial charge in [-0.25, -0.2) is 0 Å². The van der Waals surface area contributed by atoms with Crippen LogP contribution >= 0.6 is 0 Å². The van der Waals surface area contributed by atoms with Gasteiger partial charge in [0, 0.05) is 49.7 Å². The summed E-state index contributed by atoms with van der Waals surface area (Å²) in [6, 6.07) is 14.7. The summed E-state index contributed by atoms with van der Waals surface area (Å²) in [6.45, 7) is 0.914. The van der Waals surface area contributed by atoms with Gasteiger partial charge < -0.3 is 20.0 Å². The monoisotopic (exact) mass is 328 g/mol. The van der Waals surface area contributed by atoms with E-state index in [0.29, 0.717) is 24.2 Å². The van der Waals surface area contributed by atoms with Crippen LogP contribution in [0.1, 0.15) is 15.9 Å². The molecule has 2 aromatic rings. The fourth-order valence-corrected chi connectivity index (χ4v) is 2.51. The summed E-state index contributed by atoms with van der Waals surface area (Å²) in [5.74, 6) is -0.0253. The third-order valence-electron chi connectivity index (χ3n) is 3.88. The molecular weight excluding hydrogens is 304 g/mol. The zero-order valence-electron chi connectivity index (χ0n) is 14.1. The van der Waals surface area contributed by atoms with Gasteiger partial charge in [0.1, 0.15) is 0 Å². The standard InChI is InChI=1S/C19H24N2O3/c1-20(2)17-7-3-15(4-8-17)19(24)16-5-9-18(10-6-16)21(11-13-22)12-14-23/h3-10,22-23H,11-14H2,1-2H3. The first-order valence-corrected chi connectivity index (χ1v) is 7.95. The number of carbonyl (C=O) groups is 1. The van der Waals surface area contributed by atoms with Gasteiger partial charge in [0.25, 0.3) is 0 Å². The van der Waals surface area contributed by atoms with Crippen molar-refractivity contribution in [3.05, 3.63) is 59.7 Å². The van der Waals surface area contributed by atoms with E-state index in [9.17, 15) is 4.79 Å². The van der Waals surface area contributed by atoms with Gasteiger partial charge in [0.2, 0.25) is 0 Å². The Labute approximate surface area is 142 Å². The van der Waals surface area contributed by atoms with Crippen LogP contribution in [0.4, 0.5) is 11.4 Å². The Morgan fingerprint density at radius 2 is 1.21 bits per heavy atom. The molecule has 2 N–H and O–H groups in total. The molecule has 2 rings (SSSR count). The van der Waals surface area contributed by atoms with Gasteiger partial charge in [-0.3, -0.25) is 4.79 Å². The summed E-state index contributed by atoms with van der Waals surface area (Å²) in [5.41, 5.74) is 3.18. The maximum absolute atomic E-state index is 12.6. The van der Waals surface area contributed by atoms with E-state index in [1.54, 1.807) is 12.1 Å². The topological polar surface area (TPSA) is 64.0 Å². The van der Waals surface area contributed by atoms with E-state index in [-0.39, 0.29) is 19.0 Å². The Hall–Kier alpha value is -2.37. The summed E-state index contributed by atoms with van der Waals surface area (Å²) >= 11 is 0. The summed E-state index contributed by atoms with van der Waals surface area (Å²) in [5, 5.41) is 18.2. The predicted molar refractivity (Wildman–Crippen MR) is 97.0 cm³/mol. The second-order valence-electron chi connectivity index (χ2n) is 5.75. The molecule has 0 heterocycles. The predicted octanol–water partition coefficient (Wildman–Crippen LogP) is 1.77. The van der Waals surface area contributed by atoms with Crippen LogP contribution in [0.25, 0.3) is 0 Å². The molecule has 0 aliphatic heterocycles. The highest BCUT2D eigenvalue weighted by atomic mass is 16.3. The van der Waals surface area contributed by atoms with E-state index >= 15 is 0 Å². The second kappa shape index (κ2) is 8.47. The van der Waals surface area contributed by atoms with Crippen molar-refractivity contribution in [1.82, 2.24) is 0 Å². The van der Waals surface area contributed by atoms with E-state index in [1.165, 1.54) is 0 Å². The number of anilines is 2. The molecule has 0 fully saturated rings. The van der Waals surface area contributed by atoms with Crippen LogP contribution in [0.15, 0.2) is 48.5 Å². The van der Waals surface area contributed by atoms with E-state index in [0.717, 1.165) is 11.4 Å². The van der Waals surface area contributed by atoms with Gasteiger partial charge in [-0.05, 0) is 48.5 Å². The smallest absolute Gasteiger partial charge is 0.193 e. The van der Waals surface area contributed by atoms with E-state index in [4.69, 9.17) is 10.2 Å².